The Labute approximate surface area is 125 Å². The van der Waals surface area contributed by atoms with Crippen molar-refractivity contribution < 1.29 is 4.42 Å². The topological polar surface area (TPSA) is 25.2 Å². The van der Waals surface area contributed by atoms with Crippen molar-refractivity contribution in [2.45, 2.75) is 33.4 Å². The molecule has 2 aromatic carbocycles. The van der Waals surface area contributed by atoms with Crippen LogP contribution in [0.1, 0.15) is 35.4 Å². The molecule has 0 aliphatic rings. The fourth-order valence-corrected chi connectivity index (χ4v) is 2.67. The van der Waals surface area contributed by atoms with E-state index in [0.29, 0.717) is 6.04 Å². The van der Waals surface area contributed by atoms with Crippen molar-refractivity contribution >= 4 is 11.0 Å². The van der Waals surface area contributed by atoms with Crippen molar-refractivity contribution in [2.75, 3.05) is 0 Å². The van der Waals surface area contributed by atoms with Crippen molar-refractivity contribution in [3.8, 4) is 0 Å². The molecule has 0 aliphatic carbocycles. The highest BCUT2D eigenvalue weighted by atomic mass is 16.3. The van der Waals surface area contributed by atoms with Gasteiger partial charge in [0.2, 0.25) is 0 Å². The molecule has 3 aromatic rings. The van der Waals surface area contributed by atoms with E-state index in [-0.39, 0.29) is 0 Å². The van der Waals surface area contributed by atoms with Gasteiger partial charge >= 0.3 is 0 Å². The second kappa shape index (κ2) is 5.74. The summed E-state index contributed by atoms with van der Waals surface area (Å²) >= 11 is 0. The average Bonchev–Trinajstić information content (AvgIpc) is 2.81. The van der Waals surface area contributed by atoms with E-state index in [2.05, 4.69) is 55.6 Å². The molecule has 1 aromatic heterocycles. The van der Waals surface area contributed by atoms with E-state index in [1.54, 1.807) is 0 Å². The summed E-state index contributed by atoms with van der Waals surface area (Å²) in [6.45, 7) is 7.16. The summed E-state index contributed by atoms with van der Waals surface area (Å²) in [6, 6.07) is 17.2. The molecule has 0 fully saturated rings. The van der Waals surface area contributed by atoms with Gasteiger partial charge in [-0.2, -0.15) is 0 Å². The summed E-state index contributed by atoms with van der Waals surface area (Å²) in [5.74, 6) is 1.000. The molecule has 0 saturated heterocycles. The van der Waals surface area contributed by atoms with Crippen LogP contribution >= 0.6 is 0 Å². The van der Waals surface area contributed by atoms with Crippen LogP contribution in [0, 0.1) is 13.8 Å². The normalized spacial score (nSPS) is 12.7. The van der Waals surface area contributed by atoms with Crippen molar-refractivity contribution in [1.82, 2.24) is 5.32 Å². The standard InChI is InChI=1S/C19H21NO/c1-13-8-10-16(11-9-13)14(2)20-12-18-15(3)21-19-7-5-4-6-17(18)19/h4-11,14,20H,12H2,1-3H3/t14-/m1/s1. The van der Waals surface area contributed by atoms with E-state index in [1.807, 2.05) is 19.1 Å². The summed E-state index contributed by atoms with van der Waals surface area (Å²) in [5.41, 5.74) is 4.83. The number of benzene rings is 2. The minimum Gasteiger partial charge on any atom is -0.461 e. The lowest BCUT2D eigenvalue weighted by atomic mass is 10.1. The number of fused-ring (bicyclic) bond motifs is 1. The molecule has 108 valence electrons. The summed E-state index contributed by atoms with van der Waals surface area (Å²) in [7, 11) is 0. The zero-order chi connectivity index (χ0) is 14.8. The van der Waals surface area contributed by atoms with Crippen LogP contribution in [0.5, 0.6) is 0 Å². The van der Waals surface area contributed by atoms with Crippen molar-refractivity contribution in [3.05, 3.63) is 71.0 Å². The lowest BCUT2D eigenvalue weighted by Gasteiger charge is -2.14. The van der Waals surface area contributed by atoms with Gasteiger partial charge in [-0.3, -0.25) is 0 Å². The minimum atomic E-state index is 0.318. The van der Waals surface area contributed by atoms with Crippen LogP contribution in [0.2, 0.25) is 0 Å². The Hall–Kier alpha value is -2.06. The molecule has 0 spiro atoms. The largest absolute Gasteiger partial charge is 0.461 e. The van der Waals surface area contributed by atoms with Gasteiger partial charge in [0.1, 0.15) is 11.3 Å². The maximum absolute atomic E-state index is 5.81. The minimum absolute atomic E-state index is 0.318. The number of rotatable bonds is 4. The van der Waals surface area contributed by atoms with Gasteiger partial charge in [-0.15, -0.1) is 0 Å². The molecule has 0 aliphatic heterocycles. The summed E-state index contributed by atoms with van der Waals surface area (Å²) in [6.07, 6.45) is 0. The van der Waals surface area contributed by atoms with Gasteiger partial charge in [0.05, 0.1) is 0 Å². The van der Waals surface area contributed by atoms with Crippen LogP contribution in [0.3, 0.4) is 0 Å². The molecule has 0 amide bonds. The third-order valence-corrected chi connectivity index (χ3v) is 4.06. The van der Waals surface area contributed by atoms with Gasteiger partial charge in [0.25, 0.3) is 0 Å². The zero-order valence-electron chi connectivity index (χ0n) is 12.8. The van der Waals surface area contributed by atoms with Crippen LogP contribution in [-0.2, 0) is 6.54 Å². The Balaban J connectivity index is 1.77. The highest BCUT2D eigenvalue weighted by Gasteiger charge is 2.12. The number of nitrogens with one attached hydrogen (secondary N) is 1. The molecule has 2 nitrogen and oxygen atoms in total. The molecule has 0 unspecified atom stereocenters. The fraction of sp³-hybridized carbons (Fsp3) is 0.263. The van der Waals surface area contributed by atoms with Gasteiger partial charge in [0, 0.05) is 23.5 Å². The monoisotopic (exact) mass is 279 g/mol. The fourth-order valence-electron chi connectivity index (χ4n) is 2.67. The second-order valence-corrected chi connectivity index (χ2v) is 5.65. The molecule has 2 heteroatoms. The van der Waals surface area contributed by atoms with E-state index in [0.717, 1.165) is 17.9 Å². The molecule has 0 radical (unpaired) electrons. The summed E-state index contributed by atoms with van der Waals surface area (Å²) < 4.78 is 5.81. The Morgan fingerprint density at radius 1 is 1.00 bits per heavy atom. The predicted molar refractivity (Wildman–Crippen MR) is 87.4 cm³/mol. The van der Waals surface area contributed by atoms with Crippen LogP contribution in [0.4, 0.5) is 0 Å². The van der Waals surface area contributed by atoms with E-state index < -0.39 is 0 Å². The van der Waals surface area contributed by atoms with E-state index in [4.69, 9.17) is 4.42 Å². The first-order valence-electron chi connectivity index (χ1n) is 7.42. The van der Waals surface area contributed by atoms with E-state index in [1.165, 1.54) is 22.1 Å². The molecular formula is C19H21NO. The first-order valence-corrected chi connectivity index (χ1v) is 7.42. The van der Waals surface area contributed by atoms with Gasteiger partial charge in [0.15, 0.2) is 0 Å². The van der Waals surface area contributed by atoms with Crippen LogP contribution in [-0.4, -0.2) is 0 Å². The van der Waals surface area contributed by atoms with Crippen LogP contribution < -0.4 is 5.32 Å². The Morgan fingerprint density at radius 2 is 1.71 bits per heavy atom. The predicted octanol–water partition coefficient (Wildman–Crippen LogP) is 4.90. The van der Waals surface area contributed by atoms with Crippen molar-refractivity contribution in [2.24, 2.45) is 0 Å². The number of para-hydroxylation sites is 1. The highest BCUT2D eigenvalue weighted by molar-refractivity contribution is 5.82. The molecule has 1 heterocycles. The maximum Gasteiger partial charge on any atom is 0.134 e. The number of hydrogen-bond donors (Lipinski definition) is 1. The van der Waals surface area contributed by atoms with Gasteiger partial charge < -0.3 is 9.73 Å². The van der Waals surface area contributed by atoms with Gasteiger partial charge in [-0.05, 0) is 32.4 Å². The Kier molecular flexibility index (Phi) is 3.80. The lowest BCUT2D eigenvalue weighted by molar-refractivity contribution is 0.544. The molecule has 3 rings (SSSR count). The summed E-state index contributed by atoms with van der Waals surface area (Å²) in [4.78, 5) is 0. The number of furan rings is 1. The molecule has 1 N–H and O–H groups in total. The molecule has 0 bridgehead atoms. The third-order valence-electron chi connectivity index (χ3n) is 4.06. The molecular weight excluding hydrogens is 258 g/mol. The number of hydrogen-bond acceptors (Lipinski definition) is 2. The first-order chi connectivity index (χ1) is 10.1. The molecule has 21 heavy (non-hydrogen) atoms. The Bertz CT molecular complexity index is 740. The Morgan fingerprint density at radius 3 is 2.48 bits per heavy atom. The smallest absolute Gasteiger partial charge is 0.134 e. The van der Waals surface area contributed by atoms with Gasteiger partial charge in [-0.1, -0.05) is 48.0 Å². The van der Waals surface area contributed by atoms with E-state index in [9.17, 15) is 0 Å². The SMILES string of the molecule is Cc1ccc([C@@H](C)NCc2c(C)oc3ccccc23)cc1. The number of aryl methyl sites for hydroxylation is 2. The average molecular weight is 279 g/mol. The van der Waals surface area contributed by atoms with Crippen LogP contribution in [0.25, 0.3) is 11.0 Å². The van der Waals surface area contributed by atoms with E-state index >= 15 is 0 Å². The molecule has 1 atom stereocenters. The van der Waals surface area contributed by atoms with Crippen molar-refractivity contribution in [3.63, 3.8) is 0 Å². The second-order valence-electron chi connectivity index (χ2n) is 5.65. The quantitative estimate of drug-likeness (QED) is 0.734. The van der Waals surface area contributed by atoms with Gasteiger partial charge in [-0.25, -0.2) is 0 Å². The summed E-state index contributed by atoms with van der Waals surface area (Å²) in [5, 5.41) is 4.80. The third kappa shape index (κ3) is 2.86. The molecule has 0 saturated carbocycles. The maximum atomic E-state index is 5.81. The lowest BCUT2D eigenvalue weighted by Crippen LogP contribution is -2.18. The highest BCUT2D eigenvalue weighted by Crippen LogP contribution is 2.25. The first kappa shape index (κ1) is 13.9. The zero-order valence-corrected chi connectivity index (χ0v) is 12.8. The van der Waals surface area contributed by atoms with Crippen LogP contribution in [0.15, 0.2) is 52.9 Å². The van der Waals surface area contributed by atoms with Crippen molar-refractivity contribution in [1.29, 1.82) is 0 Å².